The monoisotopic (exact) mass is 351 g/mol. The summed E-state index contributed by atoms with van der Waals surface area (Å²) in [6.45, 7) is 2.92. The highest BCUT2D eigenvalue weighted by atomic mass is 19.1. The number of fused-ring (bicyclic) bond motifs is 2. The number of halogens is 1. The second-order valence-electron chi connectivity index (χ2n) is 6.19. The van der Waals surface area contributed by atoms with Crippen LogP contribution in [0.4, 0.5) is 10.1 Å². The third-order valence-electron chi connectivity index (χ3n) is 4.83. The Morgan fingerprint density at radius 3 is 2.69 bits per heavy atom. The molecule has 0 unspecified atom stereocenters. The zero-order valence-electron chi connectivity index (χ0n) is 14.5. The molecule has 1 aliphatic heterocycles. The second kappa shape index (κ2) is 5.98. The average molecular weight is 351 g/mol. The largest absolute Gasteiger partial charge is 0.494 e. The number of amides is 1. The van der Waals surface area contributed by atoms with Gasteiger partial charge in [0.2, 0.25) is 0 Å². The number of methoxy groups -OCH3 is 1. The van der Waals surface area contributed by atoms with Crippen molar-refractivity contribution in [1.82, 2.24) is 9.88 Å². The molecule has 4 rings (SSSR count). The zero-order chi connectivity index (χ0) is 18.4. The lowest BCUT2D eigenvalue weighted by Gasteiger charge is -2.12. The predicted octanol–water partition coefficient (Wildman–Crippen LogP) is 3.61. The van der Waals surface area contributed by atoms with Gasteiger partial charge < -0.3 is 15.4 Å². The Morgan fingerprint density at radius 2 is 1.96 bits per heavy atom. The lowest BCUT2D eigenvalue weighted by molar-refractivity contribution is 0.0787. The van der Waals surface area contributed by atoms with E-state index < -0.39 is 5.82 Å². The number of nitrogen functional groups attached to an aromatic ring is 1. The molecule has 0 saturated carbocycles. The number of benzene rings is 2. The van der Waals surface area contributed by atoms with Crippen molar-refractivity contribution >= 4 is 22.5 Å². The van der Waals surface area contributed by atoms with E-state index in [4.69, 9.17) is 10.5 Å². The number of carbonyl (C=O) groups is 1. The molecule has 1 aromatic heterocycles. The van der Waals surface area contributed by atoms with Crippen LogP contribution in [0.15, 0.2) is 36.4 Å². The highest BCUT2D eigenvalue weighted by Gasteiger charge is 2.31. The van der Waals surface area contributed by atoms with Crippen LogP contribution in [-0.2, 0) is 6.54 Å². The van der Waals surface area contributed by atoms with Gasteiger partial charge in [0.25, 0.3) is 5.91 Å². The molecule has 132 valence electrons. The van der Waals surface area contributed by atoms with Crippen LogP contribution in [-0.4, -0.2) is 29.4 Å². The molecule has 0 atom stereocenters. The van der Waals surface area contributed by atoms with Gasteiger partial charge in [0.15, 0.2) is 11.6 Å². The first-order valence-corrected chi connectivity index (χ1v) is 8.40. The molecule has 0 saturated heterocycles. The summed E-state index contributed by atoms with van der Waals surface area (Å²) >= 11 is 0. The molecular formula is C20H18FN3O2. The van der Waals surface area contributed by atoms with E-state index in [1.54, 1.807) is 41.3 Å². The Morgan fingerprint density at radius 1 is 1.23 bits per heavy atom. The summed E-state index contributed by atoms with van der Waals surface area (Å²) in [5.41, 5.74) is 9.40. The summed E-state index contributed by atoms with van der Waals surface area (Å²) in [6.07, 6.45) is 0. The number of anilines is 1. The van der Waals surface area contributed by atoms with Crippen LogP contribution >= 0.6 is 0 Å². The fourth-order valence-corrected chi connectivity index (χ4v) is 3.48. The van der Waals surface area contributed by atoms with Gasteiger partial charge in [-0.3, -0.25) is 4.79 Å². The molecule has 3 aromatic rings. The number of hydrogen-bond donors (Lipinski definition) is 1. The summed E-state index contributed by atoms with van der Waals surface area (Å²) in [4.78, 5) is 18.9. The van der Waals surface area contributed by atoms with Crippen molar-refractivity contribution < 1.29 is 13.9 Å². The van der Waals surface area contributed by atoms with Gasteiger partial charge in [-0.15, -0.1) is 0 Å². The van der Waals surface area contributed by atoms with Crippen molar-refractivity contribution in [1.29, 1.82) is 0 Å². The molecule has 1 amide bonds. The molecule has 0 radical (unpaired) electrons. The molecule has 0 fully saturated rings. The van der Waals surface area contributed by atoms with Gasteiger partial charge in [-0.05, 0) is 13.0 Å². The maximum absolute atomic E-state index is 14.8. The standard InChI is InChI=1S/C20H18FN3O2/c1-3-24-10-14-16(20(24)25)18(22)13-8-4-7-12(19(13)23-14)11-6-5-9-15(26-2)17(11)21/h4-9H,3,10H2,1-2H3,(H2,22,23). The summed E-state index contributed by atoms with van der Waals surface area (Å²) in [6, 6.07) is 10.4. The van der Waals surface area contributed by atoms with Gasteiger partial charge in [0, 0.05) is 23.1 Å². The topological polar surface area (TPSA) is 68.5 Å². The van der Waals surface area contributed by atoms with Crippen LogP contribution in [0.1, 0.15) is 23.0 Å². The maximum atomic E-state index is 14.8. The van der Waals surface area contributed by atoms with Gasteiger partial charge >= 0.3 is 0 Å². The molecule has 1 aliphatic rings. The summed E-state index contributed by atoms with van der Waals surface area (Å²) < 4.78 is 19.9. The predicted molar refractivity (Wildman–Crippen MR) is 98.5 cm³/mol. The molecule has 2 N–H and O–H groups in total. The van der Waals surface area contributed by atoms with Crippen molar-refractivity contribution in [2.24, 2.45) is 0 Å². The van der Waals surface area contributed by atoms with E-state index in [0.717, 1.165) is 0 Å². The Balaban J connectivity index is 2.01. The van der Waals surface area contributed by atoms with E-state index in [1.807, 2.05) is 6.92 Å². The van der Waals surface area contributed by atoms with E-state index >= 15 is 0 Å². The van der Waals surface area contributed by atoms with Gasteiger partial charge in [0.1, 0.15) is 0 Å². The Kier molecular flexibility index (Phi) is 3.76. The maximum Gasteiger partial charge on any atom is 0.258 e. The third kappa shape index (κ3) is 2.22. The summed E-state index contributed by atoms with van der Waals surface area (Å²) in [5, 5.41) is 0.648. The van der Waals surface area contributed by atoms with Crippen LogP contribution in [0.3, 0.4) is 0 Å². The van der Waals surface area contributed by atoms with Crippen molar-refractivity contribution in [3.05, 3.63) is 53.5 Å². The Hall–Kier alpha value is -3.15. The van der Waals surface area contributed by atoms with Crippen LogP contribution in [0.25, 0.3) is 22.0 Å². The zero-order valence-corrected chi connectivity index (χ0v) is 14.5. The SMILES string of the molecule is CCN1Cc2nc3c(-c4cccc(OC)c4F)cccc3c(N)c2C1=O. The number of ether oxygens (including phenoxy) is 1. The minimum Gasteiger partial charge on any atom is -0.494 e. The van der Waals surface area contributed by atoms with Crippen molar-refractivity contribution in [3.63, 3.8) is 0 Å². The van der Waals surface area contributed by atoms with E-state index in [1.165, 1.54) is 7.11 Å². The van der Waals surface area contributed by atoms with Crippen LogP contribution < -0.4 is 10.5 Å². The number of para-hydroxylation sites is 1. The minimum atomic E-state index is -0.449. The third-order valence-corrected chi connectivity index (χ3v) is 4.83. The molecule has 2 heterocycles. The smallest absolute Gasteiger partial charge is 0.258 e. The van der Waals surface area contributed by atoms with E-state index in [9.17, 15) is 9.18 Å². The normalized spacial score (nSPS) is 13.3. The van der Waals surface area contributed by atoms with E-state index in [0.29, 0.717) is 52.1 Å². The number of aromatic nitrogens is 1. The quantitative estimate of drug-likeness (QED) is 0.783. The summed E-state index contributed by atoms with van der Waals surface area (Å²) in [5.74, 6) is -0.386. The second-order valence-corrected chi connectivity index (χ2v) is 6.19. The van der Waals surface area contributed by atoms with Gasteiger partial charge in [-0.2, -0.15) is 0 Å². The average Bonchev–Trinajstić information content (AvgIpc) is 2.98. The molecule has 6 heteroatoms. The number of nitrogens with two attached hydrogens (primary N) is 1. The minimum absolute atomic E-state index is 0.104. The van der Waals surface area contributed by atoms with Gasteiger partial charge in [-0.25, -0.2) is 9.37 Å². The number of carbonyl (C=O) groups excluding carboxylic acids is 1. The highest BCUT2D eigenvalue weighted by molar-refractivity contribution is 6.11. The van der Waals surface area contributed by atoms with Crippen molar-refractivity contribution in [2.75, 3.05) is 19.4 Å². The highest BCUT2D eigenvalue weighted by Crippen LogP contribution is 2.38. The molecule has 0 bridgehead atoms. The summed E-state index contributed by atoms with van der Waals surface area (Å²) in [7, 11) is 1.43. The van der Waals surface area contributed by atoms with Crippen molar-refractivity contribution in [2.45, 2.75) is 13.5 Å². The fourth-order valence-electron chi connectivity index (χ4n) is 3.48. The molecule has 2 aromatic carbocycles. The first kappa shape index (κ1) is 16.3. The number of hydrogen-bond acceptors (Lipinski definition) is 4. The molecular weight excluding hydrogens is 333 g/mol. The van der Waals surface area contributed by atoms with Gasteiger partial charge in [-0.1, -0.05) is 30.3 Å². The molecule has 0 spiro atoms. The number of pyridine rings is 1. The van der Waals surface area contributed by atoms with Gasteiger partial charge in [0.05, 0.1) is 36.1 Å². The number of nitrogens with zero attached hydrogens (tertiary/aromatic N) is 2. The van der Waals surface area contributed by atoms with Crippen molar-refractivity contribution in [3.8, 4) is 16.9 Å². The Labute approximate surface area is 150 Å². The van der Waals surface area contributed by atoms with Crippen LogP contribution in [0.2, 0.25) is 0 Å². The van der Waals surface area contributed by atoms with E-state index in [-0.39, 0.29) is 11.7 Å². The van der Waals surface area contributed by atoms with E-state index in [2.05, 4.69) is 4.98 Å². The first-order chi connectivity index (χ1) is 12.6. The Bertz CT molecular complexity index is 1050. The lowest BCUT2D eigenvalue weighted by Crippen LogP contribution is -2.23. The first-order valence-electron chi connectivity index (χ1n) is 8.40. The van der Waals surface area contributed by atoms with Crippen LogP contribution in [0, 0.1) is 5.82 Å². The molecule has 5 nitrogen and oxygen atoms in total. The molecule has 26 heavy (non-hydrogen) atoms. The molecule has 0 aliphatic carbocycles. The number of rotatable bonds is 3. The lowest BCUT2D eigenvalue weighted by atomic mass is 9.98. The fraction of sp³-hybridized carbons (Fsp3) is 0.200. The van der Waals surface area contributed by atoms with Crippen LogP contribution in [0.5, 0.6) is 5.75 Å².